The number of hydrogen-bond donors (Lipinski definition) is 1. The highest BCUT2D eigenvalue weighted by molar-refractivity contribution is 5.80. The van der Waals surface area contributed by atoms with Gasteiger partial charge >= 0.3 is 0 Å². The third kappa shape index (κ3) is 3.36. The van der Waals surface area contributed by atoms with Gasteiger partial charge in [0, 0.05) is 32.1 Å². The van der Waals surface area contributed by atoms with Crippen molar-refractivity contribution in [1.29, 1.82) is 0 Å². The highest BCUT2D eigenvalue weighted by Crippen LogP contribution is 2.47. The highest BCUT2D eigenvalue weighted by Gasteiger charge is 2.43. The van der Waals surface area contributed by atoms with Crippen LogP contribution in [0.5, 0.6) is 0 Å². The molecule has 1 aliphatic heterocycles. The van der Waals surface area contributed by atoms with E-state index in [1.807, 2.05) is 13.1 Å². The number of nitrogens with zero attached hydrogens (tertiary/aromatic N) is 2. The first-order valence-electron chi connectivity index (χ1n) is 8.66. The minimum atomic E-state index is -0.175. The summed E-state index contributed by atoms with van der Waals surface area (Å²) < 4.78 is 13.5. The van der Waals surface area contributed by atoms with Crippen molar-refractivity contribution in [2.24, 2.45) is 10.4 Å². The molecule has 0 aromatic heterocycles. The van der Waals surface area contributed by atoms with Crippen LogP contribution >= 0.6 is 0 Å². The van der Waals surface area contributed by atoms with Crippen molar-refractivity contribution in [2.45, 2.75) is 44.9 Å². The smallest absolute Gasteiger partial charge is 0.193 e. The number of hydrogen-bond acceptors (Lipinski definition) is 1. The van der Waals surface area contributed by atoms with Crippen molar-refractivity contribution in [3.05, 3.63) is 35.6 Å². The zero-order valence-corrected chi connectivity index (χ0v) is 14.5. The predicted octanol–water partition coefficient (Wildman–Crippen LogP) is 3.55. The molecule has 1 saturated carbocycles. The van der Waals surface area contributed by atoms with Gasteiger partial charge in [0.2, 0.25) is 0 Å². The van der Waals surface area contributed by atoms with Crippen molar-refractivity contribution in [2.75, 3.05) is 26.7 Å². The Kier molecular flexibility index (Phi) is 4.35. The molecule has 0 amide bonds. The molecule has 4 heteroatoms. The second-order valence-electron chi connectivity index (χ2n) is 7.82. The molecular formula is C19H28FN3. The number of halogens is 1. The van der Waals surface area contributed by atoms with Gasteiger partial charge in [0.1, 0.15) is 5.82 Å². The summed E-state index contributed by atoms with van der Waals surface area (Å²) in [6.45, 7) is 7.25. The quantitative estimate of drug-likeness (QED) is 0.682. The lowest BCUT2D eigenvalue weighted by atomic mass is 9.68. The normalized spacial score (nSPS) is 20.7. The van der Waals surface area contributed by atoms with Crippen molar-refractivity contribution in [1.82, 2.24) is 10.2 Å². The minimum absolute atomic E-state index is 0.147. The standard InChI is InChI=1S/C19H28FN3/c1-18(2,15-6-4-7-16(20)12-15)13-22-17(21-3)23-11-10-19(14-23)8-5-9-19/h4,6-7,12H,5,8-11,13-14H2,1-3H3,(H,21,22). The summed E-state index contributed by atoms with van der Waals surface area (Å²) in [5.74, 6) is 0.810. The molecule has 23 heavy (non-hydrogen) atoms. The molecule has 126 valence electrons. The van der Waals surface area contributed by atoms with Gasteiger partial charge in [-0.05, 0) is 42.4 Å². The van der Waals surface area contributed by atoms with Crippen LogP contribution in [0.2, 0.25) is 0 Å². The van der Waals surface area contributed by atoms with Gasteiger partial charge in [-0.25, -0.2) is 4.39 Å². The Labute approximate surface area is 139 Å². The van der Waals surface area contributed by atoms with Gasteiger partial charge in [-0.15, -0.1) is 0 Å². The molecule has 0 bridgehead atoms. The fourth-order valence-corrected chi connectivity index (χ4v) is 3.84. The van der Waals surface area contributed by atoms with Gasteiger partial charge in [0.25, 0.3) is 0 Å². The topological polar surface area (TPSA) is 27.6 Å². The maximum Gasteiger partial charge on any atom is 0.193 e. The molecule has 2 fully saturated rings. The highest BCUT2D eigenvalue weighted by atomic mass is 19.1. The van der Waals surface area contributed by atoms with Gasteiger partial charge in [-0.3, -0.25) is 4.99 Å². The van der Waals surface area contributed by atoms with Crippen LogP contribution in [0.25, 0.3) is 0 Å². The summed E-state index contributed by atoms with van der Waals surface area (Å²) in [4.78, 5) is 6.86. The van der Waals surface area contributed by atoms with Crippen LogP contribution in [-0.2, 0) is 5.41 Å². The molecule has 0 unspecified atom stereocenters. The Morgan fingerprint density at radius 3 is 2.70 bits per heavy atom. The van der Waals surface area contributed by atoms with Crippen LogP contribution in [0.15, 0.2) is 29.3 Å². The SMILES string of the molecule is CN=C(NCC(C)(C)c1cccc(F)c1)N1CCC2(CCC2)C1. The van der Waals surface area contributed by atoms with Gasteiger partial charge in [0.15, 0.2) is 5.96 Å². The fourth-order valence-electron chi connectivity index (χ4n) is 3.84. The maximum atomic E-state index is 13.5. The fraction of sp³-hybridized carbons (Fsp3) is 0.632. The summed E-state index contributed by atoms with van der Waals surface area (Å²) in [7, 11) is 1.85. The van der Waals surface area contributed by atoms with E-state index in [9.17, 15) is 4.39 Å². The first kappa shape index (κ1) is 16.3. The number of aliphatic imine (C=N–C) groups is 1. The number of nitrogens with one attached hydrogen (secondary N) is 1. The molecule has 0 radical (unpaired) electrons. The number of benzene rings is 1. The molecule has 1 aliphatic carbocycles. The van der Waals surface area contributed by atoms with E-state index in [-0.39, 0.29) is 11.2 Å². The summed E-state index contributed by atoms with van der Waals surface area (Å²) in [6.07, 6.45) is 5.41. The van der Waals surface area contributed by atoms with E-state index in [1.54, 1.807) is 12.1 Å². The van der Waals surface area contributed by atoms with Crippen LogP contribution in [0, 0.1) is 11.2 Å². The summed E-state index contributed by atoms with van der Waals surface area (Å²) in [5, 5.41) is 3.51. The zero-order valence-electron chi connectivity index (χ0n) is 14.5. The second-order valence-corrected chi connectivity index (χ2v) is 7.82. The lowest BCUT2D eigenvalue weighted by molar-refractivity contribution is 0.151. The minimum Gasteiger partial charge on any atom is -0.355 e. The van der Waals surface area contributed by atoms with E-state index in [4.69, 9.17) is 0 Å². The first-order chi connectivity index (χ1) is 10.9. The van der Waals surface area contributed by atoms with Gasteiger partial charge in [-0.1, -0.05) is 32.4 Å². The van der Waals surface area contributed by atoms with Crippen LogP contribution in [0.1, 0.15) is 45.1 Å². The zero-order chi connectivity index (χ0) is 16.5. The van der Waals surface area contributed by atoms with E-state index >= 15 is 0 Å². The molecule has 1 heterocycles. The third-order valence-corrected chi connectivity index (χ3v) is 5.66. The maximum absolute atomic E-state index is 13.5. The van der Waals surface area contributed by atoms with E-state index in [0.717, 1.165) is 31.2 Å². The second kappa shape index (κ2) is 6.14. The molecule has 2 aliphatic rings. The van der Waals surface area contributed by atoms with E-state index in [1.165, 1.54) is 31.7 Å². The van der Waals surface area contributed by atoms with Crippen molar-refractivity contribution < 1.29 is 4.39 Å². The van der Waals surface area contributed by atoms with E-state index in [0.29, 0.717) is 5.41 Å². The molecule has 1 saturated heterocycles. The molecule has 1 aromatic rings. The monoisotopic (exact) mass is 317 g/mol. The summed E-state index contributed by atoms with van der Waals surface area (Å²) in [5.41, 5.74) is 1.43. The lowest BCUT2D eigenvalue weighted by Gasteiger charge is -2.38. The molecule has 3 rings (SSSR count). The molecule has 0 atom stereocenters. The van der Waals surface area contributed by atoms with Gasteiger partial charge in [-0.2, -0.15) is 0 Å². The van der Waals surface area contributed by atoms with Gasteiger partial charge in [0.05, 0.1) is 0 Å². The van der Waals surface area contributed by atoms with E-state index in [2.05, 4.69) is 29.1 Å². The predicted molar refractivity (Wildman–Crippen MR) is 93.3 cm³/mol. The van der Waals surface area contributed by atoms with Crippen LogP contribution in [-0.4, -0.2) is 37.5 Å². The Balaban J connectivity index is 1.62. The lowest BCUT2D eigenvalue weighted by Crippen LogP contribution is -2.46. The third-order valence-electron chi connectivity index (χ3n) is 5.66. The summed E-state index contributed by atoms with van der Waals surface area (Å²) >= 11 is 0. The Hall–Kier alpha value is -1.58. The molecule has 1 spiro atoms. The van der Waals surface area contributed by atoms with Crippen molar-refractivity contribution >= 4 is 5.96 Å². The van der Waals surface area contributed by atoms with Crippen LogP contribution in [0.3, 0.4) is 0 Å². The molecular weight excluding hydrogens is 289 g/mol. The summed E-state index contributed by atoms with van der Waals surface area (Å²) in [6, 6.07) is 6.90. The van der Waals surface area contributed by atoms with Gasteiger partial charge < -0.3 is 10.2 Å². The number of likely N-dealkylation sites (tertiary alicyclic amines) is 1. The van der Waals surface area contributed by atoms with Crippen molar-refractivity contribution in [3.63, 3.8) is 0 Å². The Morgan fingerprint density at radius 1 is 1.35 bits per heavy atom. The Morgan fingerprint density at radius 2 is 2.13 bits per heavy atom. The van der Waals surface area contributed by atoms with Crippen molar-refractivity contribution in [3.8, 4) is 0 Å². The largest absolute Gasteiger partial charge is 0.355 e. The van der Waals surface area contributed by atoms with Crippen LogP contribution in [0.4, 0.5) is 4.39 Å². The number of guanidine groups is 1. The average Bonchev–Trinajstić information content (AvgIpc) is 2.93. The van der Waals surface area contributed by atoms with Crippen LogP contribution < -0.4 is 5.32 Å². The molecule has 3 nitrogen and oxygen atoms in total. The average molecular weight is 317 g/mol. The Bertz CT molecular complexity index is 590. The first-order valence-corrected chi connectivity index (χ1v) is 8.66. The molecule has 1 aromatic carbocycles. The molecule has 1 N–H and O–H groups in total. The van der Waals surface area contributed by atoms with E-state index < -0.39 is 0 Å². The number of rotatable bonds is 3.